The Morgan fingerprint density at radius 2 is 1.44 bits per heavy atom. The summed E-state index contributed by atoms with van der Waals surface area (Å²) < 4.78 is 15.9. The van der Waals surface area contributed by atoms with Crippen LogP contribution < -0.4 is 10.6 Å². The fraction of sp³-hybridized carbons (Fsp3) is 0.621. The van der Waals surface area contributed by atoms with Crippen molar-refractivity contribution in [2.24, 2.45) is 5.92 Å². The van der Waals surface area contributed by atoms with E-state index in [1.165, 1.54) is 0 Å². The lowest BCUT2D eigenvalue weighted by atomic mass is 9.94. The monoisotopic (exact) mass is 548 g/mol. The lowest BCUT2D eigenvalue weighted by molar-refractivity contribution is -0.186. The van der Waals surface area contributed by atoms with Gasteiger partial charge in [-0.15, -0.1) is 0 Å². The van der Waals surface area contributed by atoms with Gasteiger partial charge in [0.15, 0.2) is 6.10 Å². The van der Waals surface area contributed by atoms with Crippen LogP contribution in [-0.2, 0) is 51.3 Å². The Kier molecular flexibility index (Phi) is 13.8. The lowest BCUT2D eigenvalue weighted by Crippen LogP contribution is -2.52. The molecule has 218 valence electrons. The fourth-order valence-electron chi connectivity index (χ4n) is 3.64. The van der Waals surface area contributed by atoms with Gasteiger partial charge in [-0.05, 0) is 37.8 Å². The van der Waals surface area contributed by atoms with Crippen LogP contribution in [0, 0.1) is 5.92 Å². The van der Waals surface area contributed by atoms with Gasteiger partial charge in [-0.25, -0.2) is 0 Å². The number of ketones is 1. The molecule has 10 heteroatoms. The van der Waals surface area contributed by atoms with Gasteiger partial charge in [0.1, 0.15) is 11.9 Å². The Hall–Kier alpha value is -3.27. The van der Waals surface area contributed by atoms with Crippen molar-refractivity contribution in [2.75, 3.05) is 0 Å². The van der Waals surface area contributed by atoms with Crippen LogP contribution >= 0.6 is 0 Å². The zero-order valence-electron chi connectivity index (χ0n) is 24.4. The van der Waals surface area contributed by atoms with E-state index in [-0.39, 0.29) is 30.2 Å². The topological polar surface area (TPSA) is 137 Å². The Balaban J connectivity index is 3.20. The highest BCUT2D eigenvalue weighted by Gasteiger charge is 2.42. The summed E-state index contributed by atoms with van der Waals surface area (Å²) in [6, 6.07) is 7.63. The van der Waals surface area contributed by atoms with Gasteiger partial charge in [-0.3, -0.25) is 24.0 Å². The molecule has 0 aliphatic heterocycles. The summed E-state index contributed by atoms with van der Waals surface area (Å²) in [5, 5.41) is 6.19. The highest BCUT2D eigenvalue weighted by atomic mass is 16.6. The van der Waals surface area contributed by atoms with Crippen molar-refractivity contribution >= 4 is 29.6 Å². The molecule has 0 spiro atoms. The summed E-state index contributed by atoms with van der Waals surface area (Å²) in [4.78, 5) is 61.8. The minimum atomic E-state index is -1.66. The predicted octanol–water partition coefficient (Wildman–Crippen LogP) is 3.38. The number of nitrogens with one attached hydrogen (secondary N) is 2. The van der Waals surface area contributed by atoms with Crippen LogP contribution in [-0.4, -0.2) is 53.4 Å². The summed E-state index contributed by atoms with van der Waals surface area (Å²) in [6.45, 7) is 14.0. The minimum absolute atomic E-state index is 0.0258. The van der Waals surface area contributed by atoms with Crippen molar-refractivity contribution in [3.05, 3.63) is 35.4 Å². The average molecular weight is 549 g/mol. The first-order valence-electron chi connectivity index (χ1n) is 13.3. The molecular weight excluding hydrogens is 504 g/mol. The zero-order valence-corrected chi connectivity index (χ0v) is 24.4. The number of ether oxygens (including phenoxy) is 3. The van der Waals surface area contributed by atoms with Gasteiger partial charge in [0.2, 0.25) is 6.10 Å². The molecule has 0 fully saturated rings. The molecule has 4 atom stereocenters. The van der Waals surface area contributed by atoms with E-state index in [1.54, 1.807) is 6.92 Å². The molecule has 0 saturated heterocycles. The number of benzene rings is 1. The number of hydrogen-bond acceptors (Lipinski definition) is 9. The van der Waals surface area contributed by atoms with Crippen molar-refractivity contribution in [2.45, 2.75) is 112 Å². The van der Waals surface area contributed by atoms with Gasteiger partial charge in [0.05, 0.1) is 0 Å². The largest absolute Gasteiger partial charge is 0.458 e. The third kappa shape index (κ3) is 12.4. The smallest absolute Gasteiger partial charge is 0.303 e. The number of carbonyl (C=O) groups is 5. The van der Waals surface area contributed by atoms with E-state index in [0.717, 1.165) is 38.3 Å². The molecule has 0 saturated carbocycles. The molecule has 0 aromatic heterocycles. The van der Waals surface area contributed by atoms with Gasteiger partial charge in [0, 0.05) is 51.7 Å². The molecule has 0 aliphatic rings. The second-order valence-corrected chi connectivity index (χ2v) is 10.4. The van der Waals surface area contributed by atoms with Gasteiger partial charge in [-0.1, -0.05) is 45.0 Å². The lowest BCUT2D eigenvalue weighted by Gasteiger charge is -2.31. The first kappa shape index (κ1) is 33.8. The molecule has 1 aromatic carbocycles. The highest BCUT2D eigenvalue weighted by molar-refractivity contribution is 5.85. The van der Waals surface area contributed by atoms with E-state index in [9.17, 15) is 24.0 Å². The van der Waals surface area contributed by atoms with Crippen molar-refractivity contribution in [1.29, 1.82) is 0 Å². The van der Waals surface area contributed by atoms with Crippen LogP contribution in [0.3, 0.4) is 0 Å². The van der Waals surface area contributed by atoms with Crippen LogP contribution in [0.15, 0.2) is 24.3 Å². The van der Waals surface area contributed by atoms with Crippen LogP contribution in [0.25, 0.3) is 0 Å². The van der Waals surface area contributed by atoms with Gasteiger partial charge in [-0.2, -0.15) is 0 Å². The third-order valence-corrected chi connectivity index (χ3v) is 6.51. The van der Waals surface area contributed by atoms with Crippen LogP contribution in [0.5, 0.6) is 0 Å². The Morgan fingerprint density at radius 1 is 0.872 bits per heavy atom. The van der Waals surface area contributed by atoms with Gasteiger partial charge in [0.25, 0.3) is 5.91 Å². The molecule has 10 nitrogen and oxygen atoms in total. The third-order valence-electron chi connectivity index (χ3n) is 6.51. The van der Waals surface area contributed by atoms with E-state index in [1.807, 2.05) is 31.2 Å². The van der Waals surface area contributed by atoms with Crippen LogP contribution in [0.1, 0.15) is 85.8 Å². The molecule has 0 aliphatic carbocycles. The molecule has 1 aromatic rings. The summed E-state index contributed by atoms with van der Waals surface area (Å²) in [7, 11) is 0. The predicted molar refractivity (Wildman–Crippen MR) is 145 cm³/mol. The second kappa shape index (κ2) is 16.0. The maximum Gasteiger partial charge on any atom is 0.303 e. The van der Waals surface area contributed by atoms with E-state index in [4.69, 9.17) is 14.2 Å². The first-order chi connectivity index (χ1) is 18.2. The molecular formula is C29H44N2O8. The second-order valence-electron chi connectivity index (χ2n) is 10.4. The first-order valence-corrected chi connectivity index (χ1v) is 13.3. The zero-order chi connectivity index (χ0) is 29.8. The molecule has 4 unspecified atom stereocenters. The Morgan fingerprint density at radius 3 is 1.95 bits per heavy atom. The minimum Gasteiger partial charge on any atom is -0.458 e. The molecule has 2 N–H and O–H groups in total. The van der Waals surface area contributed by atoms with E-state index < -0.39 is 42.1 Å². The molecule has 0 bridgehead atoms. The van der Waals surface area contributed by atoms with Crippen molar-refractivity contribution in [3.63, 3.8) is 0 Å². The van der Waals surface area contributed by atoms with Gasteiger partial charge < -0.3 is 24.8 Å². The highest BCUT2D eigenvalue weighted by Crippen LogP contribution is 2.20. The summed E-state index contributed by atoms with van der Waals surface area (Å²) >= 11 is 0. The van der Waals surface area contributed by atoms with Crippen LogP contribution in [0.2, 0.25) is 0 Å². The molecule has 1 rings (SSSR count). The summed E-state index contributed by atoms with van der Waals surface area (Å²) in [6.07, 6.45) is -3.34. The molecule has 0 heterocycles. The number of amides is 1. The molecule has 1 amide bonds. The Labute approximate surface area is 231 Å². The maximum absolute atomic E-state index is 13.3. The van der Waals surface area contributed by atoms with Gasteiger partial charge >= 0.3 is 17.9 Å². The normalized spacial score (nSPS) is 14.4. The van der Waals surface area contributed by atoms with Crippen molar-refractivity contribution < 1.29 is 38.2 Å². The number of rotatable bonds is 16. The molecule has 39 heavy (non-hydrogen) atoms. The Bertz CT molecular complexity index is 1010. The standard InChI is InChI=1S/C29H44N2O8/c1-9-18(3)24(35)15-25(37-19(4)32)26(38-20(5)33)27(39-21(6)34)28(36)30-16-22-12-11-13-23(14-22)17-31-29(7,8)10-2/h11-14,18,25-27,31H,9-10,15-17H2,1-8H3,(H,30,36). The average Bonchev–Trinajstić information content (AvgIpc) is 2.86. The van der Waals surface area contributed by atoms with E-state index in [0.29, 0.717) is 13.0 Å². The number of esters is 3. The van der Waals surface area contributed by atoms with E-state index >= 15 is 0 Å². The quantitative estimate of drug-likeness (QED) is 0.235. The van der Waals surface area contributed by atoms with Crippen LogP contribution in [0.4, 0.5) is 0 Å². The van der Waals surface area contributed by atoms with Crippen molar-refractivity contribution in [3.8, 4) is 0 Å². The summed E-state index contributed by atoms with van der Waals surface area (Å²) in [5.41, 5.74) is 1.80. The SMILES string of the molecule is CCC(C)C(=O)CC(OC(C)=O)C(OC(C)=O)C(OC(C)=O)C(=O)NCc1cccc(CNC(C)(C)CC)c1. The molecule has 0 radical (unpaired) electrons. The van der Waals surface area contributed by atoms with E-state index in [2.05, 4.69) is 31.4 Å². The number of hydrogen-bond donors (Lipinski definition) is 2. The van der Waals surface area contributed by atoms with Crippen molar-refractivity contribution in [1.82, 2.24) is 10.6 Å². The maximum atomic E-state index is 13.3. The number of carbonyl (C=O) groups excluding carboxylic acids is 5. The number of Topliss-reactive ketones (excluding diaryl/α,β-unsaturated/α-hetero) is 1. The summed E-state index contributed by atoms with van der Waals surface area (Å²) in [5.74, 6) is -3.72. The fourth-order valence-corrected chi connectivity index (χ4v) is 3.64.